The van der Waals surface area contributed by atoms with Crippen molar-refractivity contribution in [2.75, 3.05) is 19.6 Å². The smallest absolute Gasteiger partial charge is 0.408 e. The van der Waals surface area contributed by atoms with Crippen molar-refractivity contribution in [3.05, 3.63) is 145 Å². The van der Waals surface area contributed by atoms with Crippen LogP contribution in [-0.2, 0) is 57.2 Å². The lowest BCUT2D eigenvalue weighted by Crippen LogP contribution is -2.51. The van der Waals surface area contributed by atoms with E-state index in [4.69, 9.17) is 54.7 Å². The molecule has 12 aliphatic carbocycles. The number of allylic oxidation sites excluding steroid dienone is 9. The Hall–Kier alpha value is -11.0. The third kappa shape index (κ3) is 23.6. The summed E-state index contributed by atoms with van der Waals surface area (Å²) in [6, 6.07) is 22.8. The van der Waals surface area contributed by atoms with E-state index < -0.39 is 88.7 Å². The fraction of sp³-hybridized carbons (Fsp3) is 0.641. The second-order valence-corrected chi connectivity index (χ2v) is 49.5. The number of imidazole rings is 3. The van der Waals surface area contributed by atoms with Gasteiger partial charge in [0.25, 0.3) is 11.8 Å². The molecule has 19 rings (SSSR count). The average molecular weight is 2020 g/mol. The molecule has 3 aromatic carbocycles. The zero-order valence-corrected chi connectivity index (χ0v) is 90.2. The number of ether oxygens (including phenoxy) is 6. The Kier molecular flexibility index (Phi) is 32.2. The summed E-state index contributed by atoms with van der Waals surface area (Å²) in [5.41, 5.74) is 25.7. The third-order valence-corrected chi connectivity index (χ3v) is 35.4. The van der Waals surface area contributed by atoms with Crippen molar-refractivity contribution >= 4 is 104 Å². The van der Waals surface area contributed by atoms with E-state index in [9.17, 15) is 48.3 Å². The molecule has 3 aromatic heterocycles. The number of hydroxylamine groups is 2. The summed E-state index contributed by atoms with van der Waals surface area (Å²) < 4.78 is 40.1. The van der Waals surface area contributed by atoms with Crippen molar-refractivity contribution in [1.29, 1.82) is 0 Å². The highest BCUT2D eigenvalue weighted by molar-refractivity contribution is 6.02. The van der Waals surface area contributed by atoms with E-state index in [1.54, 1.807) is 88.7 Å². The summed E-state index contributed by atoms with van der Waals surface area (Å²) in [5, 5.41) is 21.0. The molecule has 0 bridgehead atoms. The van der Waals surface area contributed by atoms with Crippen molar-refractivity contribution in [3.8, 4) is 0 Å². The van der Waals surface area contributed by atoms with Gasteiger partial charge in [-0.2, -0.15) is 0 Å². The number of esters is 2. The van der Waals surface area contributed by atoms with Gasteiger partial charge in [-0.25, -0.2) is 43.7 Å². The molecule has 0 radical (unpaired) electrons. The van der Waals surface area contributed by atoms with E-state index in [0.29, 0.717) is 71.9 Å². The quantitative estimate of drug-likeness (QED) is 0.0109. The Morgan fingerprint density at radius 1 is 0.408 bits per heavy atom. The first-order chi connectivity index (χ1) is 69.5. The molecule has 798 valence electrons. The maximum absolute atomic E-state index is 13.6. The van der Waals surface area contributed by atoms with Crippen molar-refractivity contribution in [2.24, 2.45) is 97.2 Å². The molecular weight excluding hydrogens is 1860 g/mol. The number of aliphatic hydroxyl groups excluding tert-OH is 1. The normalized spacial score (nSPS) is 30.5. The number of aromatic nitrogens is 6. The van der Waals surface area contributed by atoms with Crippen LogP contribution in [0.15, 0.2) is 145 Å². The Balaban J connectivity index is 0.000000144. The van der Waals surface area contributed by atoms with Crippen LogP contribution in [0.4, 0.5) is 19.2 Å². The molecule has 6 aromatic rings. The number of benzene rings is 3. The Morgan fingerprint density at radius 3 is 1.11 bits per heavy atom. The number of alkyl carbamates (subject to hydrolysis) is 4. The van der Waals surface area contributed by atoms with Crippen molar-refractivity contribution < 1.29 is 81.5 Å². The number of fused-ring (bicyclic) bond motifs is 18. The molecule has 7 fully saturated rings. The van der Waals surface area contributed by atoms with Gasteiger partial charge in [-0.15, -0.1) is 5.06 Å². The van der Waals surface area contributed by atoms with Gasteiger partial charge in [0, 0.05) is 72.1 Å². The Morgan fingerprint density at radius 2 is 0.741 bits per heavy atom. The zero-order chi connectivity index (χ0) is 105. The number of rotatable bonds is 22. The van der Waals surface area contributed by atoms with Crippen LogP contribution in [-0.4, -0.2) is 171 Å². The minimum absolute atomic E-state index is 0.0456. The number of nitrogens with zero attached hydrogens (tertiary/aromatic N) is 7. The highest BCUT2D eigenvalue weighted by Crippen LogP contribution is 2.70. The number of carbonyl (C=O) groups excluding carboxylic acids is 9. The zero-order valence-electron chi connectivity index (χ0n) is 90.2. The van der Waals surface area contributed by atoms with Crippen molar-refractivity contribution in [2.45, 2.75) is 370 Å². The van der Waals surface area contributed by atoms with Crippen molar-refractivity contribution in [1.82, 2.24) is 55.0 Å². The van der Waals surface area contributed by atoms with Crippen LogP contribution in [0, 0.1) is 85.8 Å². The molecule has 13 aliphatic rings. The first-order valence-electron chi connectivity index (χ1n) is 54.5. The van der Waals surface area contributed by atoms with Crippen LogP contribution >= 0.6 is 0 Å². The van der Waals surface area contributed by atoms with Crippen LogP contribution in [0.25, 0.3) is 50.2 Å². The summed E-state index contributed by atoms with van der Waals surface area (Å²) in [4.78, 5) is 129. The summed E-state index contributed by atoms with van der Waals surface area (Å²) in [6.07, 6.45) is 43.0. The Labute approximate surface area is 867 Å². The number of imide groups is 1. The standard InChI is InChI=1S/C41H58N4O6.C31H42N4O2.C26H32N2O.C19H31N3O8/c1-38(2,3)50-36(47)42-23-11-13-32(44-37(48)51-39(4,5)6)35(46)49-27-19-21-40(7)26(24-27)15-16-28-29-17-18-34(41(29,8)22-20-30(28)40)45-25-43-31-12-9-10-14-33(31)45;1-30-15-13-21(37-29(36)25(33)6-5-17-32)18-20(30)9-10-22-23-11-12-28(31(23,2)16-14-24(22)30)35-19-34-26-7-3-4-8-27(26)35;1-25-13-11-18(29)15-17(25)7-8-19-20-9-10-24(26(20,2)14-12-21(19)25)28-16-27-22-5-3-4-6-23(22)28;1-18(2,3)28-16(26)20-11-7-8-12(21-17(27)29-19(4,5)6)15(25)30-22-13(23)9-10-14(22)24/h9-10,12,14-15,18,25,27-30,32H,11,13,16-17,19-24H2,1-8H3,(H,42,47)(H,44,48);3-4,7-9,12,19,21-25H,5-6,10-11,13-18,32-33H2,1-2H3;3-7,10,16,18-21,29H,8-9,11-15H2,1-2H3;12H,7-11H2,1-6H3,(H,20,26)(H,21,27)/t27-,28?,29?,30?,32?,40-,41-;21-,22?,23?,24?,25?,30-,31-;18-,19?,20?,21?,25-,26-;/m000./s1. The lowest BCUT2D eigenvalue weighted by atomic mass is 9.47. The monoisotopic (exact) mass is 2020 g/mol. The first kappa shape index (κ1) is 109. The molecule has 30 nitrogen and oxygen atoms in total. The molecule has 6 saturated carbocycles. The Bertz CT molecular complexity index is 6050. The number of hydrogen-bond acceptors (Lipinski definition) is 22. The molecule has 1 aliphatic heterocycles. The highest BCUT2D eigenvalue weighted by atomic mass is 16.7. The van der Waals surface area contributed by atoms with E-state index >= 15 is 0 Å². The number of nitrogens with two attached hydrogens (primary N) is 2. The largest absolute Gasteiger partial charge is 0.461 e. The predicted octanol–water partition coefficient (Wildman–Crippen LogP) is 21.6. The number of nitrogens with one attached hydrogen (secondary N) is 4. The van der Waals surface area contributed by atoms with Crippen LogP contribution in [0.5, 0.6) is 0 Å². The van der Waals surface area contributed by atoms with Crippen molar-refractivity contribution in [3.63, 3.8) is 0 Å². The minimum Gasteiger partial charge on any atom is -0.461 e. The topological polar surface area (TPSA) is 395 Å². The van der Waals surface area contributed by atoms with Gasteiger partial charge in [0.15, 0.2) is 0 Å². The van der Waals surface area contributed by atoms with Gasteiger partial charge < -0.3 is 84.8 Å². The minimum atomic E-state index is -1.19. The van der Waals surface area contributed by atoms with E-state index in [0.717, 1.165) is 131 Å². The molecule has 12 unspecified atom stereocenters. The average Bonchev–Trinajstić information content (AvgIpc) is 1.62. The van der Waals surface area contributed by atoms with Gasteiger partial charge in [0.2, 0.25) is 0 Å². The van der Waals surface area contributed by atoms with Crippen LogP contribution < -0.4 is 32.7 Å². The van der Waals surface area contributed by atoms with Crippen LogP contribution in [0.3, 0.4) is 0 Å². The molecule has 9 N–H and O–H groups in total. The maximum Gasteiger partial charge on any atom is 0.408 e. The molecule has 0 spiro atoms. The molecule has 6 amide bonds. The highest BCUT2D eigenvalue weighted by Gasteiger charge is 2.62. The van der Waals surface area contributed by atoms with Gasteiger partial charge >= 0.3 is 42.3 Å². The SMILES string of the molecule is CC(C)(C)OC(=O)NCCCC(NC(=O)OC(C)(C)C)C(=O)ON1C(=O)CCC1=O.CC(C)(C)OC(=O)NCCCC(NC(=O)OC(C)(C)C)C(=O)O[C@H]1CC[C@@]2(C)C(=CCC3C2CC[C@]2(C)C(n4cnc5ccccc54)=CCC32)C1.C[C@]12CC[C@H](O)CC1=CCC1C2CC[C@]2(C)C(n3cnc4ccccc43)=CCC12.C[C@]12CC[C@H](OC(=O)C(N)CCCN)CC1=CCC1C2CC[C@]2(C)C(n3cnc4ccccc43)=CCC12. The van der Waals surface area contributed by atoms with Gasteiger partial charge in [0.1, 0.15) is 71.7 Å². The fourth-order valence-electron chi connectivity index (χ4n) is 28.1. The maximum atomic E-state index is 13.6. The van der Waals surface area contributed by atoms with E-state index in [-0.39, 0.29) is 90.0 Å². The van der Waals surface area contributed by atoms with Gasteiger partial charge in [-0.3, -0.25) is 14.4 Å². The summed E-state index contributed by atoms with van der Waals surface area (Å²) in [7, 11) is 0. The van der Waals surface area contributed by atoms with Gasteiger partial charge in [0.05, 0.1) is 39.2 Å². The number of carbonyl (C=O) groups is 9. The third-order valence-electron chi connectivity index (χ3n) is 35.4. The number of hydrogen-bond donors (Lipinski definition) is 7. The molecule has 30 heteroatoms. The molecule has 21 atom stereocenters. The van der Waals surface area contributed by atoms with Gasteiger partial charge in [-0.1, -0.05) is 131 Å². The molecule has 4 heterocycles. The molecule has 147 heavy (non-hydrogen) atoms. The van der Waals surface area contributed by atoms with E-state index in [2.05, 4.69) is 191 Å². The summed E-state index contributed by atoms with van der Waals surface area (Å²) >= 11 is 0. The summed E-state index contributed by atoms with van der Waals surface area (Å²) in [5.74, 6) is 3.13. The number of para-hydroxylation sites is 6. The molecule has 1 saturated heterocycles. The lowest BCUT2D eigenvalue weighted by molar-refractivity contribution is -0.199. The van der Waals surface area contributed by atoms with E-state index in [1.165, 1.54) is 89.7 Å². The predicted molar refractivity (Wildman–Crippen MR) is 566 cm³/mol. The fourth-order valence-corrected chi connectivity index (χ4v) is 28.1. The van der Waals surface area contributed by atoms with Crippen LogP contribution in [0.2, 0.25) is 0 Å². The lowest BCUT2D eigenvalue weighted by Gasteiger charge is -2.57. The van der Waals surface area contributed by atoms with Gasteiger partial charge in [-0.05, 0) is 356 Å². The second kappa shape index (κ2) is 43.5. The van der Waals surface area contributed by atoms with Crippen LogP contribution in [0.1, 0.15) is 311 Å². The van der Waals surface area contributed by atoms with E-state index in [1.807, 2.05) is 19.0 Å². The number of aliphatic hydroxyl groups is 1. The summed E-state index contributed by atoms with van der Waals surface area (Å²) in [6.45, 7) is 36.9. The molecular formula is C117H163N13O17. The second-order valence-electron chi connectivity index (χ2n) is 49.5. The number of amides is 6. The first-order valence-corrected chi connectivity index (χ1v) is 54.5.